The van der Waals surface area contributed by atoms with Gasteiger partial charge in [0.25, 0.3) is 0 Å². The molecule has 206 valence electrons. The molecule has 0 spiro atoms. The van der Waals surface area contributed by atoms with E-state index in [2.05, 4.69) is 23.6 Å². The fraction of sp³-hybridized carbons (Fsp3) is 0.464. The summed E-state index contributed by atoms with van der Waals surface area (Å²) < 4.78 is 27.6. The number of carbonyl (C=O) groups is 3. The Balaban J connectivity index is 1.64. The summed E-state index contributed by atoms with van der Waals surface area (Å²) in [7, 11) is 0. The second-order valence-electron chi connectivity index (χ2n) is 9.61. The van der Waals surface area contributed by atoms with Gasteiger partial charge in [-0.15, -0.1) is 0 Å². The largest absolute Gasteiger partial charge is 0.390 e. The number of aryl methyl sites for hydroxylation is 1. The third-order valence-corrected chi connectivity index (χ3v) is 6.41. The number of benzene rings is 2. The van der Waals surface area contributed by atoms with Crippen molar-refractivity contribution in [1.82, 2.24) is 20.4 Å². The molecule has 0 bridgehead atoms. The van der Waals surface area contributed by atoms with E-state index in [0.717, 1.165) is 30.2 Å². The van der Waals surface area contributed by atoms with Gasteiger partial charge in [-0.1, -0.05) is 38.1 Å². The summed E-state index contributed by atoms with van der Waals surface area (Å²) in [5.41, 5.74) is 2.51. The van der Waals surface area contributed by atoms with Crippen molar-refractivity contribution in [3.05, 3.63) is 70.8 Å². The van der Waals surface area contributed by atoms with Gasteiger partial charge in [-0.2, -0.15) is 0 Å². The van der Waals surface area contributed by atoms with Crippen molar-refractivity contribution in [3.63, 3.8) is 0 Å². The molecule has 38 heavy (non-hydrogen) atoms. The molecule has 1 aliphatic heterocycles. The molecule has 0 unspecified atom stereocenters. The second kappa shape index (κ2) is 14.1. The Bertz CT molecular complexity index is 1090. The van der Waals surface area contributed by atoms with Crippen LogP contribution in [0.15, 0.2) is 42.5 Å². The van der Waals surface area contributed by atoms with Gasteiger partial charge in [0.05, 0.1) is 31.8 Å². The number of halogens is 2. The lowest BCUT2D eigenvalue weighted by Crippen LogP contribution is -2.57. The standard InChI is InChI=1S/C28H36F2N4O4/c1-3-8-34-27(37)17-33(18-28(34)38)16-26(36)32-24(12-21-10-22(29)13-23(30)11-21)25(35)15-31-14-20-7-5-6-19(4-2)9-20/h5-7,9-11,13,24-25,31,35H,3-4,8,12,14-18H2,1-2H3,(H,32,36)/t24-,25+/m0/s1. The van der Waals surface area contributed by atoms with Crippen molar-refractivity contribution < 1.29 is 28.3 Å². The summed E-state index contributed by atoms with van der Waals surface area (Å²) in [6, 6.07) is 10.2. The smallest absolute Gasteiger partial charge is 0.243 e. The Morgan fingerprint density at radius 1 is 1.00 bits per heavy atom. The third kappa shape index (κ3) is 8.68. The molecule has 0 aromatic heterocycles. The topological polar surface area (TPSA) is 102 Å². The monoisotopic (exact) mass is 530 g/mol. The maximum absolute atomic E-state index is 13.8. The van der Waals surface area contributed by atoms with E-state index < -0.39 is 29.7 Å². The molecule has 10 heteroatoms. The van der Waals surface area contributed by atoms with Gasteiger partial charge >= 0.3 is 0 Å². The van der Waals surface area contributed by atoms with E-state index in [-0.39, 0.29) is 50.0 Å². The van der Waals surface area contributed by atoms with Crippen molar-refractivity contribution in [2.24, 2.45) is 0 Å². The minimum Gasteiger partial charge on any atom is -0.390 e. The number of hydrogen-bond donors (Lipinski definition) is 3. The van der Waals surface area contributed by atoms with Gasteiger partial charge in [0.1, 0.15) is 11.6 Å². The number of amides is 3. The van der Waals surface area contributed by atoms with E-state index in [9.17, 15) is 28.3 Å². The zero-order valence-electron chi connectivity index (χ0n) is 21.9. The molecule has 2 aromatic rings. The highest BCUT2D eigenvalue weighted by Crippen LogP contribution is 2.13. The zero-order valence-corrected chi connectivity index (χ0v) is 21.9. The van der Waals surface area contributed by atoms with Gasteiger partial charge in [-0.05, 0) is 48.1 Å². The molecule has 0 aliphatic carbocycles. The first-order valence-corrected chi connectivity index (χ1v) is 12.9. The zero-order chi connectivity index (χ0) is 27.7. The van der Waals surface area contributed by atoms with Crippen LogP contribution in [0, 0.1) is 11.6 Å². The van der Waals surface area contributed by atoms with Gasteiger partial charge in [0.15, 0.2) is 0 Å². The molecule has 3 N–H and O–H groups in total. The van der Waals surface area contributed by atoms with Crippen molar-refractivity contribution in [1.29, 1.82) is 0 Å². The molecule has 1 saturated heterocycles. The number of aliphatic hydroxyl groups excluding tert-OH is 1. The highest BCUT2D eigenvalue weighted by molar-refractivity contribution is 5.99. The third-order valence-electron chi connectivity index (χ3n) is 6.41. The number of aliphatic hydroxyl groups is 1. The maximum atomic E-state index is 13.8. The Labute approximate surface area is 222 Å². The summed E-state index contributed by atoms with van der Waals surface area (Å²) >= 11 is 0. The molecular formula is C28H36F2N4O4. The maximum Gasteiger partial charge on any atom is 0.243 e. The van der Waals surface area contributed by atoms with Crippen LogP contribution in [-0.4, -0.2) is 77.5 Å². The average Bonchev–Trinajstić information content (AvgIpc) is 2.85. The lowest BCUT2D eigenvalue weighted by Gasteiger charge is -2.32. The highest BCUT2D eigenvalue weighted by Gasteiger charge is 2.32. The molecule has 0 radical (unpaired) electrons. The van der Waals surface area contributed by atoms with E-state index in [1.807, 2.05) is 25.1 Å². The minimum atomic E-state index is -1.08. The van der Waals surface area contributed by atoms with E-state index in [1.165, 1.54) is 15.4 Å². The van der Waals surface area contributed by atoms with Crippen LogP contribution in [0.2, 0.25) is 0 Å². The van der Waals surface area contributed by atoms with E-state index in [0.29, 0.717) is 19.5 Å². The van der Waals surface area contributed by atoms with Crippen LogP contribution >= 0.6 is 0 Å². The first-order chi connectivity index (χ1) is 18.2. The normalized spacial score (nSPS) is 16.0. The fourth-order valence-corrected chi connectivity index (χ4v) is 4.52. The Kier molecular flexibility index (Phi) is 10.9. The van der Waals surface area contributed by atoms with Crippen molar-refractivity contribution in [2.45, 2.75) is 51.8 Å². The lowest BCUT2D eigenvalue weighted by atomic mass is 10.0. The van der Waals surface area contributed by atoms with Crippen molar-refractivity contribution >= 4 is 17.7 Å². The van der Waals surface area contributed by atoms with E-state index in [1.54, 1.807) is 0 Å². The van der Waals surface area contributed by atoms with Crippen LogP contribution in [0.5, 0.6) is 0 Å². The minimum absolute atomic E-state index is 0.0171. The van der Waals surface area contributed by atoms with Crippen LogP contribution in [0.25, 0.3) is 0 Å². The van der Waals surface area contributed by atoms with E-state index in [4.69, 9.17) is 0 Å². The first kappa shape index (κ1) is 29.3. The summed E-state index contributed by atoms with van der Waals surface area (Å²) in [5, 5.41) is 16.8. The first-order valence-electron chi connectivity index (χ1n) is 12.9. The Morgan fingerprint density at radius 2 is 1.66 bits per heavy atom. The molecule has 0 saturated carbocycles. The second-order valence-corrected chi connectivity index (χ2v) is 9.61. The fourth-order valence-electron chi connectivity index (χ4n) is 4.52. The molecule has 1 fully saturated rings. The highest BCUT2D eigenvalue weighted by atomic mass is 19.1. The van der Waals surface area contributed by atoms with Crippen LogP contribution < -0.4 is 10.6 Å². The van der Waals surface area contributed by atoms with Gasteiger partial charge in [0, 0.05) is 25.7 Å². The molecule has 1 heterocycles. The van der Waals surface area contributed by atoms with Crippen LogP contribution in [0.3, 0.4) is 0 Å². The molecule has 2 atom stereocenters. The Hall–Kier alpha value is -3.21. The number of rotatable bonds is 13. The molecular weight excluding hydrogens is 494 g/mol. The molecule has 3 amide bonds. The number of hydrogen-bond acceptors (Lipinski definition) is 6. The summed E-state index contributed by atoms with van der Waals surface area (Å²) in [6.45, 7) is 4.52. The summed E-state index contributed by atoms with van der Waals surface area (Å²) in [4.78, 5) is 40.1. The van der Waals surface area contributed by atoms with Gasteiger partial charge in [-0.25, -0.2) is 8.78 Å². The SMILES string of the molecule is CCCN1C(=O)CN(CC(=O)N[C@@H](Cc2cc(F)cc(F)c2)[C@H](O)CNCc2cccc(CC)c2)CC1=O. The van der Waals surface area contributed by atoms with Crippen molar-refractivity contribution in [3.8, 4) is 0 Å². The molecule has 8 nitrogen and oxygen atoms in total. The van der Waals surface area contributed by atoms with Crippen LogP contribution in [-0.2, 0) is 33.8 Å². The van der Waals surface area contributed by atoms with E-state index >= 15 is 0 Å². The van der Waals surface area contributed by atoms with Gasteiger partial charge in [0.2, 0.25) is 17.7 Å². The molecule has 3 rings (SSSR count). The Morgan fingerprint density at radius 3 is 2.29 bits per heavy atom. The predicted molar refractivity (Wildman–Crippen MR) is 139 cm³/mol. The summed E-state index contributed by atoms with van der Waals surface area (Å²) in [6.07, 6.45) is 0.455. The number of imide groups is 1. The number of carbonyl (C=O) groups excluding carboxylic acids is 3. The molecule has 1 aliphatic rings. The number of nitrogens with one attached hydrogen (secondary N) is 2. The number of piperazine rings is 1. The van der Waals surface area contributed by atoms with Crippen LogP contribution in [0.1, 0.15) is 37.0 Å². The quantitative estimate of drug-likeness (QED) is 0.342. The molecule has 2 aromatic carbocycles. The van der Waals surface area contributed by atoms with Crippen LogP contribution in [0.4, 0.5) is 8.78 Å². The summed E-state index contributed by atoms with van der Waals surface area (Å²) in [5.74, 6) is -2.74. The predicted octanol–water partition coefficient (Wildman–Crippen LogP) is 1.79. The lowest BCUT2D eigenvalue weighted by molar-refractivity contribution is -0.151. The van der Waals surface area contributed by atoms with Gasteiger partial charge in [-0.3, -0.25) is 24.2 Å². The average molecular weight is 531 g/mol. The van der Waals surface area contributed by atoms with Crippen molar-refractivity contribution in [2.75, 3.05) is 32.7 Å². The van der Waals surface area contributed by atoms with Gasteiger partial charge < -0.3 is 15.7 Å². The number of nitrogens with zero attached hydrogens (tertiary/aromatic N) is 2.